The number of rotatable bonds is 7. The predicted octanol–water partition coefficient (Wildman–Crippen LogP) is 5.41. The Bertz CT molecular complexity index is 1450. The van der Waals surface area contributed by atoms with Gasteiger partial charge in [-0.15, -0.1) is 0 Å². The van der Waals surface area contributed by atoms with E-state index < -0.39 is 11.2 Å². The third kappa shape index (κ3) is 6.35. The molecule has 3 aromatic rings. The largest absolute Gasteiger partial charge is 0.462 e. The number of carbonyl (C=O) groups is 3. The smallest absolute Gasteiger partial charge is 0.338 e. The molecule has 1 unspecified atom stereocenters. The summed E-state index contributed by atoms with van der Waals surface area (Å²) in [5, 5.41) is 2.97. The third-order valence-corrected chi connectivity index (χ3v) is 7.33. The fraction of sp³-hybridized carbons (Fsp3) is 0.214. The van der Waals surface area contributed by atoms with E-state index in [0.717, 1.165) is 5.56 Å². The van der Waals surface area contributed by atoms with Gasteiger partial charge in [0.05, 0.1) is 24.4 Å². The topological polar surface area (TPSA) is 107 Å². The third-order valence-electron chi connectivity index (χ3n) is 5.91. The molecule has 9 nitrogen and oxygen atoms in total. The van der Waals surface area contributed by atoms with Crippen molar-refractivity contribution in [3.63, 3.8) is 0 Å². The molecule has 0 aliphatic carbocycles. The zero-order valence-electron chi connectivity index (χ0n) is 20.9. The summed E-state index contributed by atoms with van der Waals surface area (Å²) >= 11 is 7.24. The summed E-state index contributed by atoms with van der Waals surface area (Å²) in [5.74, 6) is 0.243. The number of amidine groups is 1. The van der Waals surface area contributed by atoms with E-state index in [2.05, 4.69) is 5.32 Å². The predicted molar refractivity (Wildman–Crippen MR) is 149 cm³/mol. The second-order valence-corrected chi connectivity index (χ2v) is 10.2. The molecule has 1 saturated heterocycles. The highest BCUT2D eigenvalue weighted by atomic mass is 35.5. The van der Waals surface area contributed by atoms with E-state index in [9.17, 15) is 14.4 Å². The number of aliphatic imine (C=N–C) groups is 1. The van der Waals surface area contributed by atoms with Gasteiger partial charge in [0.15, 0.2) is 16.7 Å². The summed E-state index contributed by atoms with van der Waals surface area (Å²) < 4.78 is 15.9. The molecular weight excluding hydrogens is 542 g/mol. The maximum Gasteiger partial charge on any atom is 0.338 e. The summed E-state index contributed by atoms with van der Waals surface area (Å²) in [5.41, 5.74) is 2.27. The zero-order valence-corrected chi connectivity index (χ0v) is 22.5. The van der Waals surface area contributed by atoms with Crippen molar-refractivity contribution >= 4 is 57.7 Å². The molecule has 2 aliphatic rings. The van der Waals surface area contributed by atoms with Crippen LogP contribution in [-0.2, 0) is 20.9 Å². The van der Waals surface area contributed by atoms with Crippen molar-refractivity contribution in [1.82, 2.24) is 4.90 Å². The Morgan fingerprint density at radius 1 is 1.10 bits per heavy atom. The molecule has 0 saturated carbocycles. The van der Waals surface area contributed by atoms with Gasteiger partial charge in [-0.2, -0.15) is 0 Å². The van der Waals surface area contributed by atoms with Crippen LogP contribution >= 0.6 is 23.4 Å². The lowest BCUT2D eigenvalue weighted by Gasteiger charge is -2.32. The van der Waals surface area contributed by atoms with Crippen molar-refractivity contribution in [3.05, 3.63) is 82.9 Å². The molecule has 1 fully saturated rings. The number of anilines is 1. The zero-order chi connectivity index (χ0) is 27.4. The lowest BCUT2D eigenvalue weighted by Crippen LogP contribution is -2.44. The van der Waals surface area contributed by atoms with E-state index in [1.807, 2.05) is 12.1 Å². The SMILES string of the molecule is CCOC(=O)c1ccc(N=C2SC(C(=O)Nc3cccc(Cl)c3)CC(=O)N2Cc2ccc3c(c2)OCO3)cc1. The normalized spacial score (nSPS) is 17.3. The van der Waals surface area contributed by atoms with E-state index >= 15 is 0 Å². The van der Waals surface area contributed by atoms with Gasteiger partial charge in [0.25, 0.3) is 0 Å². The molecule has 2 heterocycles. The summed E-state index contributed by atoms with van der Waals surface area (Å²) in [7, 11) is 0. The second-order valence-electron chi connectivity index (χ2n) is 8.64. The first kappa shape index (κ1) is 26.6. The quantitative estimate of drug-likeness (QED) is 0.382. The number of halogens is 1. The van der Waals surface area contributed by atoms with Crippen LogP contribution in [0.4, 0.5) is 11.4 Å². The number of esters is 1. The molecule has 1 atom stereocenters. The van der Waals surface area contributed by atoms with Crippen molar-refractivity contribution in [2.24, 2.45) is 4.99 Å². The van der Waals surface area contributed by atoms with Crippen LogP contribution in [0, 0.1) is 0 Å². The van der Waals surface area contributed by atoms with E-state index in [0.29, 0.717) is 38.6 Å². The summed E-state index contributed by atoms with van der Waals surface area (Å²) in [4.78, 5) is 44.8. The average molecular weight is 566 g/mol. The van der Waals surface area contributed by atoms with Crippen LogP contribution in [0.5, 0.6) is 11.5 Å². The second kappa shape index (κ2) is 11.8. The number of hydrogen-bond donors (Lipinski definition) is 1. The van der Waals surface area contributed by atoms with Crippen LogP contribution in [0.3, 0.4) is 0 Å². The average Bonchev–Trinajstić information content (AvgIpc) is 3.39. The number of ether oxygens (including phenoxy) is 3. The molecule has 0 spiro atoms. The highest BCUT2D eigenvalue weighted by molar-refractivity contribution is 8.15. The molecular formula is C28H24ClN3O6S. The highest BCUT2D eigenvalue weighted by Crippen LogP contribution is 2.35. The Kier molecular flexibility index (Phi) is 8.04. The maximum absolute atomic E-state index is 13.4. The minimum Gasteiger partial charge on any atom is -0.462 e. The summed E-state index contributed by atoms with van der Waals surface area (Å²) in [6.45, 7) is 2.39. The lowest BCUT2D eigenvalue weighted by molar-refractivity contribution is -0.129. The van der Waals surface area contributed by atoms with Crippen LogP contribution in [0.15, 0.2) is 71.7 Å². The van der Waals surface area contributed by atoms with Crippen LogP contribution < -0.4 is 14.8 Å². The maximum atomic E-state index is 13.4. The van der Waals surface area contributed by atoms with Gasteiger partial charge in [0.2, 0.25) is 18.6 Å². The fourth-order valence-electron chi connectivity index (χ4n) is 4.00. The van der Waals surface area contributed by atoms with Crippen molar-refractivity contribution in [2.75, 3.05) is 18.7 Å². The van der Waals surface area contributed by atoms with Crippen molar-refractivity contribution in [1.29, 1.82) is 0 Å². The Hall–Kier alpha value is -4.02. The van der Waals surface area contributed by atoms with Gasteiger partial charge >= 0.3 is 5.97 Å². The standard InChI is InChI=1S/C28H24ClN3O6S/c1-2-36-27(35)18-7-9-20(10-8-18)31-28-32(15-17-6-11-22-23(12-17)38-16-37-22)25(33)14-24(39-28)26(34)30-21-5-3-4-19(29)13-21/h3-13,24H,2,14-16H2,1H3,(H,30,34). The first-order valence-electron chi connectivity index (χ1n) is 12.2. The van der Waals surface area contributed by atoms with E-state index in [1.165, 1.54) is 11.8 Å². The molecule has 200 valence electrons. The molecule has 3 aromatic carbocycles. The van der Waals surface area contributed by atoms with E-state index in [4.69, 9.17) is 30.8 Å². The van der Waals surface area contributed by atoms with Crippen LogP contribution in [0.2, 0.25) is 5.02 Å². The Morgan fingerprint density at radius 2 is 1.90 bits per heavy atom. The van der Waals surface area contributed by atoms with E-state index in [-0.39, 0.29) is 38.2 Å². The van der Waals surface area contributed by atoms with Crippen molar-refractivity contribution < 1.29 is 28.6 Å². The minimum absolute atomic E-state index is 0.0115. The van der Waals surface area contributed by atoms with Crippen molar-refractivity contribution in [3.8, 4) is 11.5 Å². The Labute approximate surface area is 234 Å². The molecule has 1 N–H and O–H groups in total. The van der Waals surface area contributed by atoms with Gasteiger partial charge in [-0.1, -0.05) is 35.5 Å². The van der Waals surface area contributed by atoms with E-state index in [1.54, 1.807) is 66.4 Å². The van der Waals surface area contributed by atoms with Gasteiger partial charge in [-0.3, -0.25) is 14.5 Å². The van der Waals surface area contributed by atoms with Gasteiger partial charge in [-0.05, 0) is 67.1 Å². The van der Waals surface area contributed by atoms with Gasteiger partial charge in [0, 0.05) is 17.1 Å². The monoisotopic (exact) mass is 565 g/mol. The Morgan fingerprint density at radius 3 is 2.67 bits per heavy atom. The minimum atomic E-state index is -0.706. The number of hydrogen-bond acceptors (Lipinski definition) is 8. The number of thioether (sulfide) groups is 1. The van der Waals surface area contributed by atoms with Crippen LogP contribution in [-0.4, -0.2) is 46.5 Å². The number of amides is 2. The number of carbonyl (C=O) groups excluding carboxylic acids is 3. The number of nitrogens with zero attached hydrogens (tertiary/aromatic N) is 2. The van der Waals surface area contributed by atoms with Crippen LogP contribution in [0.1, 0.15) is 29.3 Å². The summed E-state index contributed by atoms with van der Waals surface area (Å²) in [6, 6.07) is 18.8. The number of benzene rings is 3. The number of fused-ring (bicyclic) bond motifs is 1. The fourth-order valence-corrected chi connectivity index (χ4v) is 5.29. The molecule has 2 aliphatic heterocycles. The van der Waals surface area contributed by atoms with Gasteiger partial charge in [-0.25, -0.2) is 9.79 Å². The van der Waals surface area contributed by atoms with Gasteiger partial charge in [0.1, 0.15) is 5.25 Å². The first-order chi connectivity index (χ1) is 18.9. The molecule has 0 radical (unpaired) electrons. The molecule has 5 rings (SSSR count). The van der Waals surface area contributed by atoms with Crippen LogP contribution in [0.25, 0.3) is 0 Å². The van der Waals surface area contributed by atoms with Gasteiger partial charge < -0.3 is 19.5 Å². The molecule has 11 heteroatoms. The van der Waals surface area contributed by atoms with Crippen molar-refractivity contribution in [2.45, 2.75) is 25.1 Å². The highest BCUT2D eigenvalue weighted by Gasteiger charge is 2.36. The summed E-state index contributed by atoms with van der Waals surface area (Å²) in [6.07, 6.45) is -0.0115. The lowest BCUT2D eigenvalue weighted by atomic mass is 10.1. The number of nitrogens with one attached hydrogen (secondary N) is 1. The first-order valence-corrected chi connectivity index (χ1v) is 13.4. The Balaban J connectivity index is 1.41. The molecule has 39 heavy (non-hydrogen) atoms. The molecule has 0 bridgehead atoms. The molecule has 2 amide bonds. The molecule has 0 aromatic heterocycles.